The van der Waals surface area contributed by atoms with Crippen molar-refractivity contribution in [2.24, 2.45) is 5.92 Å². The fourth-order valence-electron chi connectivity index (χ4n) is 2.74. The Labute approximate surface area is 139 Å². The van der Waals surface area contributed by atoms with Crippen LogP contribution in [0, 0.1) is 16.0 Å². The number of rotatable bonds is 6. The van der Waals surface area contributed by atoms with Crippen molar-refractivity contribution in [3.63, 3.8) is 0 Å². The SMILES string of the molecule is Nc1ccc([N+](=O)[O-])cc1C(=O)OCC(=O)NCC1CCCCC1. The van der Waals surface area contributed by atoms with Gasteiger partial charge in [0.15, 0.2) is 6.61 Å². The highest BCUT2D eigenvalue weighted by atomic mass is 16.6. The van der Waals surface area contributed by atoms with E-state index in [9.17, 15) is 19.7 Å². The molecule has 1 amide bonds. The Bertz CT molecular complexity index is 626. The van der Waals surface area contributed by atoms with Gasteiger partial charge in [-0.15, -0.1) is 0 Å². The molecule has 1 aromatic carbocycles. The highest BCUT2D eigenvalue weighted by Gasteiger charge is 2.18. The van der Waals surface area contributed by atoms with E-state index in [0.29, 0.717) is 12.5 Å². The number of nitrogen functional groups attached to an aromatic ring is 1. The third kappa shape index (κ3) is 4.94. The largest absolute Gasteiger partial charge is 0.452 e. The summed E-state index contributed by atoms with van der Waals surface area (Å²) in [5.41, 5.74) is 5.31. The maximum Gasteiger partial charge on any atom is 0.341 e. The third-order valence-electron chi connectivity index (χ3n) is 4.11. The van der Waals surface area contributed by atoms with E-state index >= 15 is 0 Å². The zero-order valence-electron chi connectivity index (χ0n) is 13.3. The Kier molecular flexibility index (Phi) is 6.11. The van der Waals surface area contributed by atoms with E-state index in [2.05, 4.69) is 5.32 Å². The predicted molar refractivity (Wildman–Crippen MR) is 87.4 cm³/mol. The summed E-state index contributed by atoms with van der Waals surface area (Å²) in [5.74, 6) is -0.771. The summed E-state index contributed by atoms with van der Waals surface area (Å²) < 4.78 is 4.89. The molecule has 8 heteroatoms. The molecular weight excluding hydrogens is 314 g/mol. The molecular formula is C16H21N3O5. The van der Waals surface area contributed by atoms with E-state index in [1.165, 1.54) is 31.4 Å². The number of nitrogens with zero attached hydrogens (tertiary/aromatic N) is 1. The minimum absolute atomic E-state index is 0.0632. The predicted octanol–water partition coefficient (Wildman–Crippen LogP) is 2.03. The number of amides is 1. The minimum Gasteiger partial charge on any atom is -0.452 e. The maximum absolute atomic E-state index is 11.9. The van der Waals surface area contributed by atoms with E-state index in [0.717, 1.165) is 18.9 Å². The molecule has 2 rings (SSSR count). The number of benzene rings is 1. The lowest BCUT2D eigenvalue weighted by atomic mass is 9.89. The van der Waals surface area contributed by atoms with Gasteiger partial charge in [-0.25, -0.2) is 4.79 Å². The standard InChI is InChI=1S/C16H21N3O5/c17-14-7-6-12(19(22)23)8-13(14)16(21)24-10-15(20)18-9-11-4-2-1-3-5-11/h6-8,11H,1-5,9-10,17H2,(H,18,20). The molecule has 1 aromatic rings. The fraction of sp³-hybridized carbons (Fsp3) is 0.500. The number of non-ortho nitro benzene ring substituents is 1. The number of nitrogens with two attached hydrogens (primary N) is 1. The quantitative estimate of drug-likeness (QED) is 0.355. The monoisotopic (exact) mass is 335 g/mol. The van der Waals surface area contributed by atoms with E-state index in [-0.39, 0.29) is 16.9 Å². The van der Waals surface area contributed by atoms with Crippen LogP contribution in [0.15, 0.2) is 18.2 Å². The van der Waals surface area contributed by atoms with Gasteiger partial charge in [0, 0.05) is 24.4 Å². The molecule has 1 fully saturated rings. The van der Waals surface area contributed by atoms with Gasteiger partial charge in [0.1, 0.15) is 0 Å². The average molecular weight is 335 g/mol. The molecule has 0 radical (unpaired) electrons. The highest BCUT2D eigenvalue weighted by Crippen LogP contribution is 2.23. The molecule has 130 valence electrons. The number of carbonyl (C=O) groups excluding carboxylic acids is 2. The molecule has 0 saturated heterocycles. The minimum atomic E-state index is -0.857. The summed E-state index contributed by atoms with van der Waals surface area (Å²) in [6.07, 6.45) is 5.81. The van der Waals surface area contributed by atoms with Crippen molar-refractivity contribution < 1.29 is 19.2 Å². The van der Waals surface area contributed by atoms with Gasteiger partial charge in [0.25, 0.3) is 11.6 Å². The van der Waals surface area contributed by atoms with Crippen molar-refractivity contribution in [1.82, 2.24) is 5.32 Å². The number of nitro benzene ring substituents is 1. The summed E-state index contributed by atoms with van der Waals surface area (Å²) in [6.45, 7) is 0.142. The van der Waals surface area contributed by atoms with E-state index in [1.54, 1.807) is 0 Å². The lowest BCUT2D eigenvalue weighted by Gasteiger charge is -2.21. The number of hydrogen-bond acceptors (Lipinski definition) is 6. The molecule has 0 heterocycles. The molecule has 0 bridgehead atoms. The smallest absolute Gasteiger partial charge is 0.341 e. The third-order valence-corrected chi connectivity index (χ3v) is 4.11. The lowest BCUT2D eigenvalue weighted by Crippen LogP contribution is -2.33. The molecule has 0 aliphatic heterocycles. The fourth-order valence-corrected chi connectivity index (χ4v) is 2.74. The second kappa shape index (κ2) is 8.28. The zero-order valence-corrected chi connectivity index (χ0v) is 13.3. The molecule has 24 heavy (non-hydrogen) atoms. The average Bonchev–Trinajstić information content (AvgIpc) is 2.59. The second-order valence-electron chi connectivity index (χ2n) is 5.91. The Balaban J connectivity index is 1.82. The Morgan fingerprint density at radius 1 is 1.29 bits per heavy atom. The van der Waals surface area contributed by atoms with E-state index < -0.39 is 23.4 Å². The topological polar surface area (TPSA) is 125 Å². The van der Waals surface area contributed by atoms with Crippen LogP contribution in [-0.4, -0.2) is 30.0 Å². The first-order chi connectivity index (χ1) is 11.5. The summed E-state index contributed by atoms with van der Waals surface area (Å²) in [5, 5.41) is 13.5. The van der Waals surface area contributed by atoms with E-state index in [4.69, 9.17) is 10.5 Å². The van der Waals surface area contributed by atoms with Crippen LogP contribution in [0.4, 0.5) is 11.4 Å². The number of ether oxygens (including phenoxy) is 1. The summed E-state index contributed by atoms with van der Waals surface area (Å²) >= 11 is 0. The van der Waals surface area contributed by atoms with Crippen LogP contribution in [0.3, 0.4) is 0 Å². The molecule has 1 saturated carbocycles. The first kappa shape index (κ1) is 17.7. The lowest BCUT2D eigenvalue weighted by molar-refractivity contribution is -0.384. The van der Waals surface area contributed by atoms with Gasteiger partial charge < -0.3 is 15.8 Å². The van der Waals surface area contributed by atoms with Crippen molar-refractivity contribution in [2.45, 2.75) is 32.1 Å². The van der Waals surface area contributed by atoms with Crippen LogP contribution >= 0.6 is 0 Å². The van der Waals surface area contributed by atoms with Gasteiger partial charge in [-0.1, -0.05) is 19.3 Å². The molecule has 1 aliphatic rings. The van der Waals surface area contributed by atoms with Crippen LogP contribution in [-0.2, 0) is 9.53 Å². The van der Waals surface area contributed by atoms with Crippen molar-refractivity contribution in [3.8, 4) is 0 Å². The zero-order chi connectivity index (χ0) is 17.5. The number of nitrogens with one attached hydrogen (secondary N) is 1. The van der Waals surface area contributed by atoms with Crippen LogP contribution in [0.2, 0.25) is 0 Å². The van der Waals surface area contributed by atoms with Crippen LogP contribution in [0.25, 0.3) is 0 Å². The first-order valence-corrected chi connectivity index (χ1v) is 7.95. The van der Waals surface area contributed by atoms with Crippen LogP contribution in [0.1, 0.15) is 42.5 Å². The van der Waals surface area contributed by atoms with Crippen LogP contribution in [0.5, 0.6) is 0 Å². The Hall–Kier alpha value is -2.64. The molecule has 8 nitrogen and oxygen atoms in total. The molecule has 0 atom stereocenters. The molecule has 3 N–H and O–H groups in total. The molecule has 0 aromatic heterocycles. The second-order valence-corrected chi connectivity index (χ2v) is 5.91. The molecule has 0 unspecified atom stereocenters. The number of carbonyl (C=O) groups is 2. The van der Waals surface area contributed by atoms with Crippen molar-refractivity contribution >= 4 is 23.3 Å². The summed E-state index contributed by atoms with van der Waals surface area (Å²) in [7, 11) is 0. The van der Waals surface area contributed by atoms with Crippen molar-refractivity contribution in [1.29, 1.82) is 0 Å². The van der Waals surface area contributed by atoms with Gasteiger partial charge in [0.2, 0.25) is 0 Å². The van der Waals surface area contributed by atoms with Crippen LogP contribution < -0.4 is 11.1 Å². The number of esters is 1. The van der Waals surface area contributed by atoms with Crippen molar-refractivity contribution in [2.75, 3.05) is 18.9 Å². The van der Waals surface area contributed by atoms with Gasteiger partial charge in [-0.2, -0.15) is 0 Å². The first-order valence-electron chi connectivity index (χ1n) is 7.95. The Morgan fingerprint density at radius 3 is 2.67 bits per heavy atom. The Morgan fingerprint density at radius 2 is 2.00 bits per heavy atom. The number of nitro groups is 1. The number of anilines is 1. The van der Waals surface area contributed by atoms with Crippen molar-refractivity contribution in [3.05, 3.63) is 33.9 Å². The van der Waals surface area contributed by atoms with Gasteiger partial charge >= 0.3 is 5.97 Å². The van der Waals surface area contributed by atoms with Gasteiger partial charge in [-0.3, -0.25) is 14.9 Å². The summed E-state index contributed by atoms with van der Waals surface area (Å²) in [4.78, 5) is 33.8. The summed E-state index contributed by atoms with van der Waals surface area (Å²) in [6, 6.07) is 3.50. The van der Waals surface area contributed by atoms with E-state index in [1.807, 2.05) is 0 Å². The molecule has 0 spiro atoms. The molecule has 1 aliphatic carbocycles. The highest BCUT2D eigenvalue weighted by molar-refractivity contribution is 5.96. The number of hydrogen-bond donors (Lipinski definition) is 2. The maximum atomic E-state index is 11.9. The van der Waals surface area contributed by atoms with Gasteiger partial charge in [-0.05, 0) is 24.8 Å². The normalized spacial score (nSPS) is 14.8. The van der Waals surface area contributed by atoms with Gasteiger partial charge in [0.05, 0.1) is 10.5 Å².